The predicted molar refractivity (Wildman–Crippen MR) is 131 cm³/mol. The lowest BCUT2D eigenvalue weighted by Crippen LogP contribution is -2.44. The van der Waals surface area contributed by atoms with Crippen LogP contribution in [0.5, 0.6) is 0 Å². The van der Waals surface area contributed by atoms with E-state index in [2.05, 4.69) is 60.1 Å². The van der Waals surface area contributed by atoms with Crippen LogP contribution in [0.4, 0.5) is 5.82 Å². The lowest BCUT2D eigenvalue weighted by molar-refractivity contribution is 0.312. The van der Waals surface area contributed by atoms with Crippen molar-refractivity contribution in [3.8, 4) is 22.6 Å². The van der Waals surface area contributed by atoms with Crippen molar-refractivity contribution in [1.29, 1.82) is 0 Å². The molecule has 8 heteroatoms. The largest absolute Gasteiger partial charge is 0.353 e. The van der Waals surface area contributed by atoms with Crippen LogP contribution in [0.2, 0.25) is 0 Å². The van der Waals surface area contributed by atoms with Gasteiger partial charge in [-0.2, -0.15) is 5.10 Å². The Morgan fingerprint density at radius 3 is 2.64 bits per heavy atom. The van der Waals surface area contributed by atoms with Crippen molar-refractivity contribution in [2.24, 2.45) is 0 Å². The highest BCUT2D eigenvalue weighted by atomic mass is 15.3. The van der Waals surface area contributed by atoms with Gasteiger partial charge < -0.3 is 14.8 Å². The lowest BCUT2D eigenvalue weighted by atomic mass is 10.1. The van der Waals surface area contributed by atoms with E-state index >= 15 is 0 Å². The van der Waals surface area contributed by atoms with Crippen molar-refractivity contribution in [3.63, 3.8) is 0 Å². The van der Waals surface area contributed by atoms with Crippen LogP contribution in [0, 0.1) is 0 Å². The molecule has 0 aromatic carbocycles. The minimum atomic E-state index is 0.914. The van der Waals surface area contributed by atoms with Gasteiger partial charge >= 0.3 is 0 Å². The van der Waals surface area contributed by atoms with Crippen molar-refractivity contribution in [3.05, 3.63) is 48.4 Å². The number of H-pyrrole nitrogens is 2. The fourth-order valence-corrected chi connectivity index (χ4v) is 4.97. The molecule has 6 rings (SSSR count). The number of aromatic nitrogens is 5. The summed E-state index contributed by atoms with van der Waals surface area (Å²) < 4.78 is 0. The molecule has 2 fully saturated rings. The van der Waals surface area contributed by atoms with Crippen LogP contribution in [0.15, 0.2) is 42.9 Å². The van der Waals surface area contributed by atoms with Crippen LogP contribution in [0.1, 0.15) is 18.4 Å². The number of hydrogen-bond donors (Lipinski definition) is 2. The van der Waals surface area contributed by atoms with E-state index in [4.69, 9.17) is 4.98 Å². The Morgan fingerprint density at radius 1 is 0.939 bits per heavy atom. The van der Waals surface area contributed by atoms with Gasteiger partial charge in [0.05, 0.1) is 22.6 Å². The summed E-state index contributed by atoms with van der Waals surface area (Å²) >= 11 is 0. The smallest absolute Gasteiger partial charge is 0.138 e. The number of likely N-dealkylation sites (N-methyl/N-ethyl adjacent to an activating group) is 1. The molecule has 170 valence electrons. The monoisotopic (exact) mass is 442 g/mol. The van der Waals surface area contributed by atoms with E-state index in [1.165, 1.54) is 31.5 Å². The van der Waals surface area contributed by atoms with E-state index in [9.17, 15) is 0 Å². The van der Waals surface area contributed by atoms with Crippen molar-refractivity contribution < 1.29 is 0 Å². The molecule has 2 aliphatic heterocycles. The van der Waals surface area contributed by atoms with Crippen LogP contribution in [-0.2, 0) is 6.54 Å². The van der Waals surface area contributed by atoms with Crippen LogP contribution >= 0.6 is 0 Å². The van der Waals surface area contributed by atoms with Gasteiger partial charge in [0.2, 0.25) is 0 Å². The molecule has 4 aromatic rings. The van der Waals surface area contributed by atoms with Crippen LogP contribution < -0.4 is 4.90 Å². The molecule has 0 aliphatic carbocycles. The number of nitrogens with one attached hydrogen (secondary N) is 2. The zero-order valence-electron chi connectivity index (χ0n) is 19.1. The van der Waals surface area contributed by atoms with Crippen molar-refractivity contribution >= 4 is 16.7 Å². The summed E-state index contributed by atoms with van der Waals surface area (Å²) in [6.07, 6.45) is 8.36. The van der Waals surface area contributed by atoms with Gasteiger partial charge in [0.25, 0.3) is 0 Å². The van der Waals surface area contributed by atoms with E-state index in [0.717, 1.165) is 72.1 Å². The third-order valence-electron chi connectivity index (χ3n) is 6.89. The molecule has 0 radical (unpaired) electrons. The normalized spacial score (nSPS) is 17.9. The average Bonchev–Trinajstić information content (AvgIpc) is 3.60. The van der Waals surface area contributed by atoms with Crippen LogP contribution in [-0.4, -0.2) is 81.3 Å². The summed E-state index contributed by atoms with van der Waals surface area (Å²) in [6, 6.07) is 8.55. The average molecular weight is 443 g/mol. The van der Waals surface area contributed by atoms with E-state index < -0.39 is 0 Å². The van der Waals surface area contributed by atoms with Gasteiger partial charge in [-0.1, -0.05) is 0 Å². The Morgan fingerprint density at radius 2 is 1.79 bits per heavy atom. The number of anilines is 1. The Kier molecular flexibility index (Phi) is 5.32. The molecular formula is C25H30N8. The highest BCUT2D eigenvalue weighted by molar-refractivity contribution is 5.94. The first-order valence-electron chi connectivity index (χ1n) is 11.9. The van der Waals surface area contributed by atoms with E-state index in [1.54, 1.807) is 0 Å². The SMILES string of the molecule is CN1CCN(c2nccc3[nH]c(-c4cc(-c5cncc(CN6CCCC6)c5)n[nH]4)cc23)CC1. The van der Waals surface area contributed by atoms with Gasteiger partial charge in [-0.05, 0) is 62.8 Å². The maximum Gasteiger partial charge on any atom is 0.138 e. The standard InChI is InChI=1S/C25H30N8/c1-31-8-10-33(11-9-31)25-20-13-23(28-21(20)4-5-27-25)24-14-22(29-30-24)19-12-18(15-26-16-19)17-32-6-2-3-7-32/h4-5,12-16,28H,2-3,6-11,17H2,1H3,(H,29,30). The summed E-state index contributed by atoms with van der Waals surface area (Å²) in [5.41, 5.74) is 6.29. The molecule has 6 heterocycles. The zero-order valence-corrected chi connectivity index (χ0v) is 19.1. The van der Waals surface area contributed by atoms with E-state index in [0.29, 0.717) is 0 Å². The first-order valence-corrected chi connectivity index (χ1v) is 11.9. The second kappa shape index (κ2) is 8.61. The third kappa shape index (κ3) is 4.12. The second-order valence-corrected chi connectivity index (χ2v) is 9.30. The van der Waals surface area contributed by atoms with Crippen LogP contribution in [0.25, 0.3) is 33.5 Å². The van der Waals surface area contributed by atoms with Gasteiger partial charge in [-0.15, -0.1) is 0 Å². The first-order chi connectivity index (χ1) is 16.2. The Balaban J connectivity index is 1.26. The number of rotatable bonds is 5. The highest BCUT2D eigenvalue weighted by Gasteiger charge is 2.19. The molecule has 0 atom stereocenters. The lowest BCUT2D eigenvalue weighted by Gasteiger charge is -2.33. The molecule has 2 N–H and O–H groups in total. The summed E-state index contributed by atoms with van der Waals surface area (Å²) in [7, 11) is 2.17. The maximum atomic E-state index is 4.72. The predicted octanol–water partition coefficient (Wildman–Crippen LogP) is 3.36. The number of pyridine rings is 2. The topological polar surface area (TPSA) is 80.0 Å². The minimum absolute atomic E-state index is 0.914. The van der Waals surface area contributed by atoms with Crippen molar-refractivity contribution in [2.75, 3.05) is 51.2 Å². The van der Waals surface area contributed by atoms with E-state index in [1.807, 2.05) is 24.7 Å². The fourth-order valence-electron chi connectivity index (χ4n) is 4.97. The molecule has 0 saturated carbocycles. The number of fused-ring (bicyclic) bond motifs is 1. The molecule has 0 unspecified atom stereocenters. The highest BCUT2D eigenvalue weighted by Crippen LogP contribution is 2.31. The van der Waals surface area contributed by atoms with Crippen molar-refractivity contribution in [2.45, 2.75) is 19.4 Å². The molecule has 8 nitrogen and oxygen atoms in total. The number of likely N-dealkylation sites (tertiary alicyclic amines) is 1. The molecular weight excluding hydrogens is 412 g/mol. The van der Waals surface area contributed by atoms with Gasteiger partial charge in [-0.25, -0.2) is 4.98 Å². The number of piperazine rings is 1. The number of nitrogens with zero attached hydrogens (tertiary/aromatic N) is 6. The molecule has 2 aliphatic rings. The minimum Gasteiger partial charge on any atom is -0.353 e. The van der Waals surface area contributed by atoms with Gasteiger partial charge in [0.15, 0.2) is 0 Å². The Labute approximate surface area is 193 Å². The molecule has 2 saturated heterocycles. The molecule has 33 heavy (non-hydrogen) atoms. The molecule has 0 spiro atoms. The zero-order chi connectivity index (χ0) is 22.2. The second-order valence-electron chi connectivity index (χ2n) is 9.30. The quantitative estimate of drug-likeness (QED) is 0.493. The number of aromatic amines is 2. The Hall–Kier alpha value is -3.23. The molecule has 4 aromatic heterocycles. The summed E-state index contributed by atoms with van der Waals surface area (Å²) in [5, 5.41) is 8.97. The molecule has 0 amide bonds. The van der Waals surface area contributed by atoms with Gasteiger partial charge in [0, 0.05) is 62.3 Å². The van der Waals surface area contributed by atoms with Gasteiger partial charge in [0.1, 0.15) is 5.82 Å². The van der Waals surface area contributed by atoms with E-state index in [-0.39, 0.29) is 0 Å². The van der Waals surface area contributed by atoms with Crippen LogP contribution in [0.3, 0.4) is 0 Å². The number of hydrogen-bond acceptors (Lipinski definition) is 6. The summed E-state index contributed by atoms with van der Waals surface area (Å²) in [5.74, 6) is 1.06. The molecule has 0 bridgehead atoms. The Bertz CT molecular complexity index is 1240. The summed E-state index contributed by atoms with van der Waals surface area (Å²) in [6.45, 7) is 7.44. The maximum absolute atomic E-state index is 4.72. The fraction of sp³-hybridized carbons (Fsp3) is 0.400. The van der Waals surface area contributed by atoms with Crippen molar-refractivity contribution in [1.82, 2.24) is 34.9 Å². The third-order valence-corrected chi connectivity index (χ3v) is 6.89. The summed E-state index contributed by atoms with van der Waals surface area (Å²) in [4.78, 5) is 20.0. The first kappa shape index (κ1) is 20.4. The van der Waals surface area contributed by atoms with Gasteiger partial charge in [-0.3, -0.25) is 15.0 Å².